The number of amides is 1. The van der Waals surface area contributed by atoms with Crippen LogP contribution in [0.25, 0.3) is 0 Å². The Kier molecular flexibility index (Phi) is 3.73. The summed E-state index contributed by atoms with van der Waals surface area (Å²) in [4.78, 5) is 22.5. The highest BCUT2D eigenvalue weighted by Gasteiger charge is 2.32. The van der Waals surface area contributed by atoms with Crippen molar-refractivity contribution in [2.24, 2.45) is 11.3 Å². The van der Waals surface area contributed by atoms with Gasteiger partial charge in [0, 0.05) is 0 Å². The molecule has 1 unspecified atom stereocenters. The molecule has 1 aliphatic rings. The summed E-state index contributed by atoms with van der Waals surface area (Å²) in [5, 5.41) is 11.5. The molecule has 0 aromatic rings. The lowest BCUT2D eigenvalue weighted by Gasteiger charge is -2.27. The van der Waals surface area contributed by atoms with Gasteiger partial charge in [-0.05, 0) is 30.3 Å². The summed E-state index contributed by atoms with van der Waals surface area (Å²) in [6.45, 7) is 5.37. The van der Waals surface area contributed by atoms with Gasteiger partial charge in [0.25, 0.3) is 0 Å². The highest BCUT2D eigenvalue weighted by Crippen LogP contribution is 2.29. The maximum absolute atomic E-state index is 11.5. The predicted molar refractivity (Wildman–Crippen MR) is 60.9 cm³/mol. The van der Waals surface area contributed by atoms with Crippen molar-refractivity contribution in [3.05, 3.63) is 12.2 Å². The van der Waals surface area contributed by atoms with E-state index in [2.05, 4.69) is 5.32 Å². The van der Waals surface area contributed by atoms with Crippen molar-refractivity contribution in [1.82, 2.24) is 5.32 Å². The SMILES string of the molecule is CC(C)(C)C(NC(=O)/C=C/C1CC1)C(=O)O. The highest BCUT2D eigenvalue weighted by atomic mass is 16.4. The Labute approximate surface area is 95.7 Å². The lowest BCUT2D eigenvalue weighted by molar-refractivity contribution is -0.144. The van der Waals surface area contributed by atoms with E-state index >= 15 is 0 Å². The summed E-state index contributed by atoms with van der Waals surface area (Å²) in [6.07, 6.45) is 5.55. The van der Waals surface area contributed by atoms with Gasteiger partial charge in [-0.3, -0.25) is 4.79 Å². The number of carbonyl (C=O) groups is 2. The molecule has 0 bridgehead atoms. The van der Waals surface area contributed by atoms with Crippen molar-refractivity contribution in [1.29, 1.82) is 0 Å². The van der Waals surface area contributed by atoms with Gasteiger partial charge in [-0.2, -0.15) is 0 Å². The molecule has 1 atom stereocenters. The van der Waals surface area contributed by atoms with E-state index in [-0.39, 0.29) is 5.91 Å². The second-order valence-corrected chi connectivity index (χ2v) is 5.34. The van der Waals surface area contributed by atoms with Crippen molar-refractivity contribution in [2.45, 2.75) is 39.7 Å². The number of hydrogen-bond donors (Lipinski definition) is 2. The van der Waals surface area contributed by atoms with Gasteiger partial charge in [0.1, 0.15) is 6.04 Å². The summed E-state index contributed by atoms with van der Waals surface area (Å²) in [7, 11) is 0. The Morgan fingerprint density at radius 1 is 1.38 bits per heavy atom. The number of carboxylic acid groups (broad SMARTS) is 1. The second-order valence-electron chi connectivity index (χ2n) is 5.34. The zero-order valence-corrected chi connectivity index (χ0v) is 9.99. The highest BCUT2D eigenvalue weighted by molar-refractivity contribution is 5.91. The minimum Gasteiger partial charge on any atom is -0.480 e. The number of aliphatic carboxylic acids is 1. The minimum atomic E-state index is -0.999. The normalized spacial score (nSPS) is 18.4. The molecule has 0 aliphatic heterocycles. The first-order valence-electron chi connectivity index (χ1n) is 5.52. The number of allylic oxidation sites excluding steroid dienone is 1. The fourth-order valence-electron chi connectivity index (χ4n) is 1.35. The number of nitrogens with one attached hydrogen (secondary N) is 1. The van der Waals surface area contributed by atoms with Crippen LogP contribution in [0.1, 0.15) is 33.6 Å². The Bertz CT molecular complexity index is 311. The first kappa shape index (κ1) is 12.7. The van der Waals surface area contributed by atoms with Gasteiger partial charge in [0.05, 0.1) is 0 Å². The topological polar surface area (TPSA) is 66.4 Å². The van der Waals surface area contributed by atoms with Crippen LogP contribution in [0.4, 0.5) is 0 Å². The van der Waals surface area contributed by atoms with Crippen LogP contribution in [-0.4, -0.2) is 23.0 Å². The van der Waals surface area contributed by atoms with E-state index in [0.29, 0.717) is 5.92 Å². The quantitative estimate of drug-likeness (QED) is 0.714. The first-order chi connectivity index (χ1) is 7.30. The molecule has 0 heterocycles. The smallest absolute Gasteiger partial charge is 0.326 e. The molecular formula is C12H19NO3. The Balaban J connectivity index is 2.54. The van der Waals surface area contributed by atoms with Crippen LogP contribution in [0.2, 0.25) is 0 Å². The summed E-state index contributed by atoms with van der Waals surface area (Å²) in [6, 6.07) is -0.858. The van der Waals surface area contributed by atoms with Crippen LogP contribution in [0.5, 0.6) is 0 Å². The van der Waals surface area contributed by atoms with Crippen molar-refractivity contribution >= 4 is 11.9 Å². The van der Waals surface area contributed by atoms with Crippen LogP contribution >= 0.6 is 0 Å². The molecule has 4 heteroatoms. The molecule has 1 amide bonds. The van der Waals surface area contributed by atoms with Crippen LogP contribution in [0.3, 0.4) is 0 Å². The maximum Gasteiger partial charge on any atom is 0.326 e. The first-order valence-corrected chi connectivity index (χ1v) is 5.52. The lowest BCUT2D eigenvalue weighted by atomic mass is 9.87. The van der Waals surface area contributed by atoms with E-state index in [1.807, 2.05) is 6.08 Å². The van der Waals surface area contributed by atoms with Crippen molar-refractivity contribution < 1.29 is 14.7 Å². The molecule has 2 N–H and O–H groups in total. The number of rotatable bonds is 4. The third kappa shape index (κ3) is 4.04. The van der Waals surface area contributed by atoms with Crippen molar-refractivity contribution in [3.63, 3.8) is 0 Å². The summed E-state index contributed by atoms with van der Waals surface area (Å²) in [5.74, 6) is -0.807. The third-order valence-corrected chi connectivity index (χ3v) is 2.54. The zero-order valence-electron chi connectivity index (χ0n) is 9.99. The zero-order chi connectivity index (χ0) is 12.3. The molecule has 1 aliphatic carbocycles. The van der Waals surface area contributed by atoms with Gasteiger partial charge in [-0.15, -0.1) is 0 Å². The number of carboxylic acids is 1. The van der Waals surface area contributed by atoms with E-state index in [1.165, 1.54) is 6.08 Å². The van der Waals surface area contributed by atoms with E-state index in [4.69, 9.17) is 5.11 Å². The molecule has 0 spiro atoms. The van der Waals surface area contributed by atoms with Gasteiger partial charge in [-0.1, -0.05) is 26.8 Å². The van der Waals surface area contributed by atoms with Gasteiger partial charge < -0.3 is 10.4 Å². The minimum absolute atomic E-state index is 0.325. The third-order valence-electron chi connectivity index (χ3n) is 2.54. The van der Waals surface area contributed by atoms with E-state index < -0.39 is 17.4 Å². The average Bonchev–Trinajstić information content (AvgIpc) is 2.91. The maximum atomic E-state index is 11.5. The Morgan fingerprint density at radius 3 is 2.31 bits per heavy atom. The number of hydrogen-bond acceptors (Lipinski definition) is 2. The fraction of sp³-hybridized carbons (Fsp3) is 0.667. The molecule has 90 valence electrons. The fourth-order valence-corrected chi connectivity index (χ4v) is 1.35. The van der Waals surface area contributed by atoms with E-state index in [9.17, 15) is 9.59 Å². The lowest BCUT2D eigenvalue weighted by Crippen LogP contribution is -2.48. The van der Waals surface area contributed by atoms with Gasteiger partial charge in [0.2, 0.25) is 5.91 Å². The monoisotopic (exact) mass is 225 g/mol. The second kappa shape index (κ2) is 4.68. The molecule has 0 radical (unpaired) electrons. The van der Waals surface area contributed by atoms with E-state index in [1.54, 1.807) is 20.8 Å². The summed E-state index contributed by atoms with van der Waals surface area (Å²) in [5.41, 5.74) is -0.491. The van der Waals surface area contributed by atoms with E-state index in [0.717, 1.165) is 12.8 Å². The molecule has 1 saturated carbocycles. The Hall–Kier alpha value is -1.32. The van der Waals surface area contributed by atoms with Gasteiger partial charge in [0.15, 0.2) is 0 Å². The summed E-state index contributed by atoms with van der Waals surface area (Å²) >= 11 is 0. The van der Waals surface area contributed by atoms with Crippen molar-refractivity contribution in [3.8, 4) is 0 Å². The molecule has 1 fully saturated rings. The molecular weight excluding hydrogens is 206 g/mol. The largest absolute Gasteiger partial charge is 0.480 e. The predicted octanol–water partition coefficient (Wildman–Crippen LogP) is 1.57. The molecule has 0 saturated heterocycles. The molecule has 1 rings (SSSR count). The average molecular weight is 225 g/mol. The van der Waals surface area contributed by atoms with Crippen LogP contribution in [0, 0.1) is 11.3 Å². The van der Waals surface area contributed by atoms with Crippen LogP contribution in [-0.2, 0) is 9.59 Å². The number of carbonyl (C=O) groups excluding carboxylic acids is 1. The van der Waals surface area contributed by atoms with Gasteiger partial charge in [-0.25, -0.2) is 4.79 Å². The standard InChI is InChI=1S/C12H19NO3/c1-12(2,3)10(11(15)16)13-9(14)7-6-8-4-5-8/h6-8,10H,4-5H2,1-3H3,(H,13,14)(H,15,16)/b7-6+. The van der Waals surface area contributed by atoms with Crippen LogP contribution in [0.15, 0.2) is 12.2 Å². The molecule has 0 aromatic carbocycles. The summed E-state index contributed by atoms with van der Waals surface area (Å²) < 4.78 is 0. The Morgan fingerprint density at radius 2 is 1.94 bits per heavy atom. The van der Waals surface area contributed by atoms with Gasteiger partial charge >= 0.3 is 5.97 Å². The van der Waals surface area contributed by atoms with Crippen molar-refractivity contribution in [2.75, 3.05) is 0 Å². The molecule has 0 aromatic heterocycles. The molecule has 16 heavy (non-hydrogen) atoms. The van der Waals surface area contributed by atoms with Crippen LogP contribution < -0.4 is 5.32 Å². The molecule has 4 nitrogen and oxygen atoms in total.